The van der Waals surface area contributed by atoms with Crippen LogP contribution in [0.4, 0.5) is 5.69 Å². The van der Waals surface area contributed by atoms with Crippen LogP contribution in [0.15, 0.2) is 88.1 Å². The molecule has 0 bridgehead atoms. The van der Waals surface area contributed by atoms with Gasteiger partial charge in [0.25, 0.3) is 11.5 Å². The van der Waals surface area contributed by atoms with E-state index in [1.807, 2.05) is 78.9 Å². The number of thiazole rings is 1. The molecule has 5 aromatic rings. The smallest absolute Gasteiger partial charge is 0.291 e. The minimum Gasteiger partial charge on any atom is -0.303 e. The molecule has 33 heavy (non-hydrogen) atoms. The molecule has 0 N–H and O–H groups in total. The first kappa shape index (κ1) is 20.0. The molecule has 0 aliphatic carbocycles. The van der Waals surface area contributed by atoms with Crippen molar-refractivity contribution in [3.05, 3.63) is 109 Å². The van der Waals surface area contributed by atoms with E-state index in [4.69, 9.17) is 0 Å². The quantitative estimate of drug-likeness (QED) is 0.364. The normalized spacial score (nSPS) is 14.8. The van der Waals surface area contributed by atoms with Gasteiger partial charge in [0.05, 0.1) is 17.8 Å². The lowest BCUT2D eigenvalue weighted by molar-refractivity contribution is -0.113. The molecule has 3 heterocycles. The van der Waals surface area contributed by atoms with Crippen LogP contribution in [0.25, 0.3) is 21.9 Å². The van der Waals surface area contributed by atoms with E-state index in [2.05, 4.69) is 26.0 Å². The largest absolute Gasteiger partial charge is 0.303 e. The summed E-state index contributed by atoms with van der Waals surface area (Å²) in [5.41, 5.74) is 3.48. The molecule has 1 aliphatic heterocycles. The zero-order valence-corrected chi connectivity index (χ0v) is 19.5. The van der Waals surface area contributed by atoms with E-state index in [0.717, 1.165) is 26.9 Å². The molecule has 1 aliphatic rings. The van der Waals surface area contributed by atoms with Crippen molar-refractivity contribution in [1.82, 2.24) is 14.6 Å². The Hall–Kier alpha value is -3.62. The topological polar surface area (TPSA) is 67.6 Å². The van der Waals surface area contributed by atoms with Gasteiger partial charge in [-0.2, -0.15) is 9.50 Å². The Morgan fingerprint density at radius 2 is 1.61 bits per heavy atom. The summed E-state index contributed by atoms with van der Waals surface area (Å²) < 4.78 is 2.61. The first-order chi connectivity index (χ1) is 16.1. The van der Waals surface area contributed by atoms with Gasteiger partial charge in [-0.1, -0.05) is 87.9 Å². The molecule has 0 spiro atoms. The van der Waals surface area contributed by atoms with Crippen molar-refractivity contribution in [1.29, 1.82) is 0 Å². The summed E-state index contributed by atoms with van der Waals surface area (Å²) >= 11 is 4.61. The summed E-state index contributed by atoms with van der Waals surface area (Å²) in [6.45, 7) is 0.433. The van der Waals surface area contributed by atoms with Crippen LogP contribution in [0.5, 0.6) is 0 Å². The number of amides is 1. The average Bonchev–Trinajstić information content (AvgIpc) is 3.47. The van der Waals surface area contributed by atoms with Crippen LogP contribution in [-0.4, -0.2) is 20.5 Å². The molecule has 6 rings (SSSR count). The third-order valence-corrected chi connectivity index (χ3v) is 7.15. The summed E-state index contributed by atoms with van der Waals surface area (Å²) in [4.78, 5) is 33.6. The minimum atomic E-state index is -0.328. The number of fused-ring (bicyclic) bond motifs is 2. The standard InChI is InChI=1S/C25H15BrN4O2S/c26-17-12-10-16(11-13-17)22-27-25-30(28-22)24(32)21(33-25)20-18-8-4-5-9-19(18)29(23(20)31)14-15-6-2-1-3-7-15/h1-13H,14H2. The van der Waals surface area contributed by atoms with Crippen molar-refractivity contribution in [3.63, 3.8) is 0 Å². The Balaban J connectivity index is 1.50. The van der Waals surface area contributed by atoms with Crippen LogP contribution in [0.2, 0.25) is 0 Å². The maximum Gasteiger partial charge on any atom is 0.291 e. The molecule has 3 aromatic carbocycles. The fourth-order valence-corrected chi connectivity index (χ4v) is 5.29. The van der Waals surface area contributed by atoms with Crippen LogP contribution in [0.3, 0.4) is 0 Å². The number of hydrogen-bond acceptors (Lipinski definition) is 5. The number of benzene rings is 3. The third-order valence-electron chi connectivity index (χ3n) is 5.59. The first-order valence-electron chi connectivity index (χ1n) is 10.2. The Morgan fingerprint density at radius 3 is 2.36 bits per heavy atom. The maximum absolute atomic E-state index is 13.5. The summed E-state index contributed by atoms with van der Waals surface area (Å²) in [7, 11) is 0. The highest BCUT2D eigenvalue weighted by molar-refractivity contribution is 9.10. The van der Waals surface area contributed by atoms with Crippen molar-refractivity contribution in [2.45, 2.75) is 6.54 Å². The molecule has 160 valence electrons. The molecule has 2 aromatic heterocycles. The van der Waals surface area contributed by atoms with Gasteiger partial charge < -0.3 is 4.90 Å². The molecular weight excluding hydrogens is 500 g/mol. The van der Waals surface area contributed by atoms with Crippen LogP contribution in [-0.2, 0) is 11.3 Å². The van der Waals surface area contributed by atoms with E-state index in [1.54, 1.807) is 4.90 Å². The Kier molecular flexibility index (Phi) is 4.70. The minimum absolute atomic E-state index is 0.185. The summed E-state index contributed by atoms with van der Waals surface area (Å²) in [5, 5.41) is 4.42. The van der Waals surface area contributed by atoms with Crippen molar-refractivity contribution in [2.75, 3.05) is 4.90 Å². The second-order valence-corrected chi connectivity index (χ2v) is 9.54. The van der Waals surface area contributed by atoms with Gasteiger partial charge in [0.1, 0.15) is 4.53 Å². The lowest BCUT2D eigenvalue weighted by Crippen LogP contribution is -2.32. The highest BCUT2D eigenvalue weighted by Crippen LogP contribution is 2.36. The van der Waals surface area contributed by atoms with Crippen molar-refractivity contribution in [2.24, 2.45) is 0 Å². The number of halogens is 1. The zero-order chi connectivity index (χ0) is 22.5. The van der Waals surface area contributed by atoms with Crippen molar-refractivity contribution >= 4 is 49.4 Å². The van der Waals surface area contributed by atoms with Gasteiger partial charge in [-0.15, -0.1) is 5.10 Å². The lowest BCUT2D eigenvalue weighted by Gasteiger charge is -2.17. The number of carbonyl (C=O) groups is 1. The van der Waals surface area contributed by atoms with Crippen molar-refractivity contribution < 1.29 is 4.79 Å². The van der Waals surface area contributed by atoms with Gasteiger partial charge in [-0.3, -0.25) is 9.59 Å². The third kappa shape index (κ3) is 3.30. The number of para-hydroxylation sites is 1. The average molecular weight is 515 g/mol. The van der Waals surface area contributed by atoms with Crippen LogP contribution in [0, 0.1) is 0 Å². The van der Waals surface area contributed by atoms with Gasteiger partial charge in [-0.05, 0) is 23.8 Å². The van der Waals surface area contributed by atoms with Crippen LogP contribution >= 0.6 is 27.3 Å². The predicted molar refractivity (Wildman–Crippen MR) is 132 cm³/mol. The highest BCUT2D eigenvalue weighted by Gasteiger charge is 2.34. The van der Waals surface area contributed by atoms with Crippen LogP contribution < -0.4 is 15.0 Å². The highest BCUT2D eigenvalue weighted by atomic mass is 79.9. The van der Waals surface area contributed by atoms with Crippen molar-refractivity contribution in [3.8, 4) is 11.4 Å². The molecular formula is C25H15BrN4O2S. The fourth-order valence-electron chi connectivity index (χ4n) is 4.03. The molecule has 0 radical (unpaired) electrons. The number of anilines is 1. The molecule has 6 nitrogen and oxygen atoms in total. The summed E-state index contributed by atoms with van der Waals surface area (Å²) in [6, 6.07) is 25.0. The van der Waals surface area contributed by atoms with Crippen LogP contribution in [0.1, 0.15) is 11.1 Å². The van der Waals surface area contributed by atoms with Gasteiger partial charge in [-0.25, -0.2) is 0 Å². The molecule has 0 fully saturated rings. The predicted octanol–water partition coefficient (Wildman–Crippen LogP) is 4.05. The maximum atomic E-state index is 13.5. The van der Waals surface area contributed by atoms with E-state index < -0.39 is 0 Å². The number of aromatic nitrogens is 3. The van der Waals surface area contributed by atoms with Gasteiger partial charge in [0.15, 0.2) is 5.82 Å². The van der Waals surface area contributed by atoms with Gasteiger partial charge in [0, 0.05) is 15.6 Å². The number of rotatable bonds is 3. The van der Waals surface area contributed by atoms with E-state index >= 15 is 0 Å². The monoisotopic (exact) mass is 514 g/mol. The fraction of sp³-hybridized carbons (Fsp3) is 0.0400. The van der Waals surface area contributed by atoms with E-state index in [-0.39, 0.29) is 11.5 Å². The van der Waals surface area contributed by atoms with Gasteiger partial charge >= 0.3 is 0 Å². The summed E-state index contributed by atoms with van der Waals surface area (Å²) in [5.74, 6) is 0.293. The summed E-state index contributed by atoms with van der Waals surface area (Å²) in [6.07, 6.45) is 0. The molecule has 0 saturated carbocycles. The van der Waals surface area contributed by atoms with E-state index in [9.17, 15) is 9.59 Å². The molecule has 0 unspecified atom stereocenters. The second-order valence-electron chi connectivity index (χ2n) is 7.64. The first-order valence-corrected chi connectivity index (χ1v) is 11.9. The Bertz CT molecular complexity index is 1640. The SMILES string of the molecule is O=C1C(=c2sc3nc(-c4ccc(Br)cc4)nn3c2=O)c2ccccc2N1Cc1ccccc1. The zero-order valence-electron chi connectivity index (χ0n) is 17.1. The number of hydrogen-bond donors (Lipinski definition) is 0. The number of nitrogens with zero attached hydrogens (tertiary/aromatic N) is 4. The molecule has 0 atom stereocenters. The lowest BCUT2D eigenvalue weighted by atomic mass is 10.1. The van der Waals surface area contributed by atoms with E-state index in [1.165, 1.54) is 15.9 Å². The van der Waals surface area contributed by atoms with E-state index in [0.29, 0.717) is 27.4 Å². The molecule has 8 heteroatoms. The van der Waals surface area contributed by atoms with Gasteiger partial charge in [0.2, 0.25) is 4.96 Å². The Morgan fingerprint density at radius 1 is 0.879 bits per heavy atom. The second kappa shape index (κ2) is 7.75. The Labute approximate surface area is 200 Å². The number of carbonyl (C=O) groups excluding carboxylic acids is 1. The molecule has 0 saturated heterocycles. The molecule has 1 amide bonds.